The molecule has 0 amide bonds. The second-order valence-electron chi connectivity index (χ2n) is 5.24. The molecule has 0 unspecified atom stereocenters. The lowest BCUT2D eigenvalue weighted by Gasteiger charge is -2.00. The first kappa shape index (κ1) is 8.48. The van der Waals surface area contributed by atoms with Gasteiger partial charge in [-0.25, -0.2) is 0 Å². The standard InChI is InChI=1S/C11H17N3/c1-11(2)8(10(11)12)9-6-4-3-5-7(6)13-14-9/h8,10H,3-5,12H2,1-2H3,(H,13,14)/t8-,10-/m0/s1. The molecule has 2 aliphatic carbocycles. The highest BCUT2D eigenvalue weighted by atomic mass is 15.1. The third-order valence-corrected chi connectivity index (χ3v) is 4.04. The Hall–Kier alpha value is -0.830. The molecule has 0 aliphatic heterocycles. The minimum Gasteiger partial charge on any atom is -0.327 e. The highest BCUT2D eigenvalue weighted by molar-refractivity contribution is 5.39. The Labute approximate surface area is 84.1 Å². The molecule has 3 rings (SSSR count). The van der Waals surface area contributed by atoms with Crippen molar-refractivity contribution >= 4 is 0 Å². The van der Waals surface area contributed by atoms with Gasteiger partial charge in [-0.15, -0.1) is 0 Å². The number of aromatic amines is 1. The van der Waals surface area contributed by atoms with E-state index in [1.807, 2.05) is 0 Å². The van der Waals surface area contributed by atoms with Crippen molar-refractivity contribution in [3.8, 4) is 0 Å². The van der Waals surface area contributed by atoms with Crippen LogP contribution in [0.25, 0.3) is 0 Å². The Morgan fingerprint density at radius 1 is 1.43 bits per heavy atom. The monoisotopic (exact) mass is 191 g/mol. The summed E-state index contributed by atoms with van der Waals surface area (Å²) in [6.45, 7) is 4.47. The summed E-state index contributed by atoms with van der Waals surface area (Å²) in [5.74, 6) is 0.487. The minimum atomic E-state index is 0.256. The fourth-order valence-corrected chi connectivity index (χ4v) is 2.80. The summed E-state index contributed by atoms with van der Waals surface area (Å²) >= 11 is 0. The molecular formula is C11H17N3. The molecule has 0 aromatic carbocycles. The quantitative estimate of drug-likeness (QED) is 0.704. The molecule has 1 aromatic heterocycles. The first-order valence-electron chi connectivity index (χ1n) is 5.44. The van der Waals surface area contributed by atoms with Crippen LogP contribution in [0.3, 0.4) is 0 Å². The van der Waals surface area contributed by atoms with Gasteiger partial charge in [0.1, 0.15) is 0 Å². The third-order valence-electron chi connectivity index (χ3n) is 4.04. The van der Waals surface area contributed by atoms with E-state index < -0.39 is 0 Å². The second-order valence-corrected chi connectivity index (χ2v) is 5.24. The average molecular weight is 191 g/mol. The predicted molar refractivity (Wildman–Crippen MR) is 55.1 cm³/mol. The van der Waals surface area contributed by atoms with Gasteiger partial charge in [0.25, 0.3) is 0 Å². The van der Waals surface area contributed by atoms with Crippen molar-refractivity contribution < 1.29 is 0 Å². The number of nitrogens with one attached hydrogen (secondary N) is 1. The molecule has 14 heavy (non-hydrogen) atoms. The molecular weight excluding hydrogens is 174 g/mol. The van der Waals surface area contributed by atoms with Crippen molar-refractivity contribution in [2.75, 3.05) is 0 Å². The smallest absolute Gasteiger partial charge is 0.0709 e. The topological polar surface area (TPSA) is 54.7 Å². The normalized spacial score (nSPS) is 33.1. The molecule has 3 N–H and O–H groups in total. The lowest BCUT2D eigenvalue weighted by molar-refractivity contribution is 0.593. The molecule has 0 bridgehead atoms. The van der Waals surface area contributed by atoms with Crippen molar-refractivity contribution in [3.05, 3.63) is 17.0 Å². The van der Waals surface area contributed by atoms with Crippen LogP contribution in [0.2, 0.25) is 0 Å². The predicted octanol–water partition coefficient (Wildman–Crippen LogP) is 1.35. The molecule has 0 radical (unpaired) electrons. The van der Waals surface area contributed by atoms with Gasteiger partial charge < -0.3 is 5.73 Å². The average Bonchev–Trinajstić information content (AvgIpc) is 2.60. The number of rotatable bonds is 1. The van der Waals surface area contributed by atoms with Crippen LogP contribution in [-0.4, -0.2) is 16.2 Å². The van der Waals surface area contributed by atoms with E-state index in [1.54, 1.807) is 0 Å². The first-order chi connectivity index (χ1) is 6.62. The van der Waals surface area contributed by atoms with Crippen LogP contribution in [-0.2, 0) is 12.8 Å². The Bertz CT molecular complexity index is 378. The molecule has 1 aromatic rings. The summed E-state index contributed by atoms with van der Waals surface area (Å²) in [5.41, 5.74) is 10.4. The van der Waals surface area contributed by atoms with Gasteiger partial charge in [0, 0.05) is 17.7 Å². The molecule has 76 valence electrons. The van der Waals surface area contributed by atoms with E-state index in [0.717, 1.165) is 0 Å². The van der Waals surface area contributed by atoms with Crippen molar-refractivity contribution in [1.82, 2.24) is 10.2 Å². The highest BCUT2D eigenvalue weighted by Gasteiger charge is 2.58. The summed E-state index contributed by atoms with van der Waals surface area (Å²) in [4.78, 5) is 0. The van der Waals surface area contributed by atoms with Gasteiger partial charge in [0.2, 0.25) is 0 Å². The Morgan fingerprint density at radius 2 is 2.14 bits per heavy atom. The molecule has 3 heteroatoms. The van der Waals surface area contributed by atoms with E-state index in [0.29, 0.717) is 12.0 Å². The van der Waals surface area contributed by atoms with Gasteiger partial charge in [0.15, 0.2) is 0 Å². The van der Waals surface area contributed by atoms with Gasteiger partial charge in [-0.1, -0.05) is 13.8 Å². The van der Waals surface area contributed by atoms with Gasteiger partial charge >= 0.3 is 0 Å². The van der Waals surface area contributed by atoms with Crippen LogP contribution < -0.4 is 5.73 Å². The van der Waals surface area contributed by atoms with E-state index >= 15 is 0 Å². The molecule has 2 aliphatic rings. The maximum atomic E-state index is 6.08. The Morgan fingerprint density at radius 3 is 2.79 bits per heavy atom. The molecule has 1 heterocycles. The number of H-pyrrole nitrogens is 1. The van der Waals surface area contributed by atoms with Gasteiger partial charge in [-0.05, 0) is 30.2 Å². The van der Waals surface area contributed by atoms with Crippen molar-refractivity contribution in [1.29, 1.82) is 0 Å². The van der Waals surface area contributed by atoms with Crippen molar-refractivity contribution in [2.45, 2.75) is 45.1 Å². The number of nitrogens with two attached hydrogens (primary N) is 1. The van der Waals surface area contributed by atoms with Crippen LogP contribution in [0.15, 0.2) is 0 Å². The van der Waals surface area contributed by atoms with Crippen LogP contribution in [0.5, 0.6) is 0 Å². The Kier molecular flexibility index (Phi) is 1.45. The van der Waals surface area contributed by atoms with Crippen LogP contribution in [0, 0.1) is 5.41 Å². The number of aryl methyl sites for hydroxylation is 1. The first-order valence-corrected chi connectivity index (χ1v) is 5.44. The lowest BCUT2D eigenvalue weighted by atomic mass is 10.0. The zero-order chi connectivity index (χ0) is 9.92. The minimum absolute atomic E-state index is 0.256. The summed E-state index contributed by atoms with van der Waals surface area (Å²) in [6.07, 6.45) is 3.64. The Balaban J connectivity index is 1.99. The lowest BCUT2D eigenvalue weighted by Crippen LogP contribution is -2.06. The summed E-state index contributed by atoms with van der Waals surface area (Å²) < 4.78 is 0. The highest BCUT2D eigenvalue weighted by Crippen LogP contribution is 2.58. The summed E-state index contributed by atoms with van der Waals surface area (Å²) in [6, 6.07) is 0.301. The molecule has 0 spiro atoms. The number of nitrogens with zero attached hydrogens (tertiary/aromatic N) is 1. The fourth-order valence-electron chi connectivity index (χ4n) is 2.80. The number of fused-ring (bicyclic) bond motifs is 1. The van der Waals surface area contributed by atoms with Gasteiger partial charge in [0.05, 0.1) is 5.69 Å². The van der Waals surface area contributed by atoms with Crippen LogP contribution >= 0.6 is 0 Å². The van der Waals surface area contributed by atoms with Crippen LogP contribution in [0.4, 0.5) is 0 Å². The number of aromatic nitrogens is 2. The summed E-state index contributed by atoms with van der Waals surface area (Å²) in [5, 5.41) is 7.60. The summed E-state index contributed by atoms with van der Waals surface area (Å²) in [7, 11) is 0. The molecule has 1 saturated carbocycles. The van der Waals surface area contributed by atoms with Crippen LogP contribution in [0.1, 0.15) is 43.1 Å². The van der Waals surface area contributed by atoms with Crippen molar-refractivity contribution in [2.24, 2.45) is 11.1 Å². The van der Waals surface area contributed by atoms with E-state index in [4.69, 9.17) is 5.73 Å². The SMILES string of the molecule is CC1(C)[C@@H](N)[C@@H]1c1n[nH]c2c1CCC2. The largest absolute Gasteiger partial charge is 0.327 e. The third kappa shape index (κ3) is 0.883. The van der Waals surface area contributed by atoms with E-state index in [2.05, 4.69) is 24.0 Å². The maximum Gasteiger partial charge on any atom is 0.0709 e. The number of hydrogen-bond donors (Lipinski definition) is 2. The molecule has 3 nitrogen and oxygen atoms in total. The van der Waals surface area contributed by atoms with Crippen molar-refractivity contribution in [3.63, 3.8) is 0 Å². The van der Waals surface area contributed by atoms with E-state index in [9.17, 15) is 0 Å². The zero-order valence-electron chi connectivity index (χ0n) is 8.80. The van der Waals surface area contributed by atoms with Gasteiger partial charge in [-0.3, -0.25) is 5.10 Å². The molecule has 1 fully saturated rings. The van der Waals surface area contributed by atoms with Gasteiger partial charge in [-0.2, -0.15) is 5.10 Å². The molecule has 2 atom stereocenters. The number of hydrogen-bond acceptors (Lipinski definition) is 2. The second kappa shape index (κ2) is 2.40. The maximum absolute atomic E-state index is 6.08. The molecule has 0 saturated heterocycles. The van der Waals surface area contributed by atoms with E-state index in [-0.39, 0.29) is 5.41 Å². The zero-order valence-corrected chi connectivity index (χ0v) is 8.80. The van der Waals surface area contributed by atoms with E-state index in [1.165, 1.54) is 36.2 Å². The fraction of sp³-hybridized carbons (Fsp3) is 0.727.